The Labute approximate surface area is 142 Å². The van der Waals surface area contributed by atoms with Crippen molar-refractivity contribution >= 4 is 16.9 Å². The lowest BCUT2D eigenvalue weighted by Gasteiger charge is -2.19. The van der Waals surface area contributed by atoms with Gasteiger partial charge < -0.3 is 14.4 Å². The number of ether oxygens (including phenoxy) is 2. The lowest BCUT2D eigenvalue weighted by atomic mass is 10.1. The van der Waals surface area contributed by atoms with Crippen LogP contribution in [0.1, 0.15) is 36.7 Å². The largest absolute Gasteiger partial charge is 0.494 e. The summed E-state index contributed by atoms with van der Waals surface area (Å²) >= 11 is 0. The van der Waals surface area contributed by atoms with Crippen LogP contribution in [0.2, 0.25) is 0 Å². The topological polar surface area (TPSA) is 51.7 Å². The van der Waals surface area contributed by atoms with Crippen molar-refractivity contribution in [1.29, 1.82) is 0 Å². The molecule has 2 heterocycles. The van der Waals surface area contributed by atoms with E-state index in [0.717, 1.165) is 29.7 Å². The summed E-state index contributed by atoms with van der Waals surface area (Å²) in [5, 5.41) is 0.957. The van der Waals surface area contributed by atoms with Crippen molar-refractivity contribution in [3.63, 3.8) is 0 Å². The van der Waals surface area contributed by atoms with Crippen LogP contribution < -0.4 is 4.74 Å². The number of benzene rings is 1. The van der Waals surface area contributed by atoms with E-state index in [4.69, 9.17) is 9.47 Å². The van der Waals surface area contributed by atoms with E-state index in [-0.39, 0.29) is 5.97 Å². The number of nitrogens with zero attached hydrogens (tertiary/aromatic N) is 2. The third-order valence-electron chi connectivity index (χ3n) is 4.54. The number of carbonyl (C=O) groups is 1. The monoisotopic (exact) mass is 328 g/mol. The molecule has 0 amide bonds. The molecule has 5 nitrogen and oxygen atoms in total. The van der Waals surface area contributed by atoms with E-state index in [1.165, 1.54) is 19.4 Å². The minimum atomic E-state index is -0.389. The minimum Gasteiger partial charge on any atom is -0.494 e. The van der Waals surface area contributed by atoms with Gasteiger partial charge in [0.25, 0.3) is 0 Å². The van der Waals surface area contributed by atoms with Crippen LogP contribution in [0.3, 0.4) is 0 Å². The molecule has 1 saturated heterocycles. The number of pyridine rings is 1. The Hall–Kier alpha value is -2.14. The second-order valence-corrected chi connectivity index (χ2v) is 6.19. The normalized spacial score (nSPS) is 18.0. The molecule has 1 fully saturated rings. The fraction of sp³-hybridized carbons (Fsp3) is 0.474. The van der Waals surface area contributed by atoms with E-state index >= 15 is 0 Å². The van der Waals surface area contributed by atoms with Crippen molar-refractivity contribution in [3.8, 4) is 5.75 Å². The molecule has 2 aromatic rings. The molecule has 0 bridgehead atoms. The highest BCUT2D eigenvalue weighted by atomic mass is 16.5. The highest BCUT2D eigenvalue weighted by molar-refractivity contribution is 5.91. The Morgan fingerprint density at radius 1 is 1.33 bits per heavy atom. The van der Waals surface area contributed by atoms with Crippen molar-refractivity contribution in [2.45, 2.75) is 32.2 Å². The van der Waals surface area contributed by atoms with E-state index in [1.54, 1.807) is 13.0 Å². The summed E-state index contributed by atoms with van der Waals surface area (Å²) in [4.78, 5) is 18.5. The van der Waals surface area contributed by atoms with Crippen LogP contribution in [0.15, 0.2) is 30.3 Å². The SMILES string of the molecule is CCOC(=O)c1ccc2cc(OCCC3CCCN3C)ccc2n1. The van der Waals surface area contributed by atoms with Crippen LogP contribution in [0.25, 0.3) is 10.9 Å². The highest BCUT2D eigenvalue weighted by Crippen LogP contribution is 2.22. The standard InChI is InChI=1S/C19H24N2O3/c1-3-23-19(22)18-8-6-14-13-16(7-9-17(14)20-18)24-12-10-15-5-4-11-21(15)2/h6-9,13,15H,3-5,10-12H2,1-2H3. The van der Waals surface area contributed by atoms with Gasteiger partial charge in [-0.05, 0) is 64.0 Å². The lowest BCUT2D eigenvalue weighted by Crippen LogP contribution is -2.26. The zero-order valence-electron chi connectivity index (χ0n) is 14.3. The summed E-state index contributed by atoms with van der Waals surface area (Å²) in [5.74, 6) is 0.453. The van der Waals surface area contributed by atoms with E-state index in [2.05, 4.69) is 16.9 Å². The minimum absolute atomic E-state index is 0.335. The summed E-state index contributed by atoms with van der Waals surface area (Å²) in [6.45, 7) is 4.04. The van der Waals surface area contributed by atoms with Gasteiger partial charge >= 0.3 is 5.97 Å². The quantitative estimate of drug-likeness (QED) is 0.762. The van der Waals surface area contributed by atoms with Crippen molar-refractivity contribution in [2.24, 2.45) is 0 Å². The van der Waals surface area contributed by atoms with Gasteiger partial charge in [-0.15, -0.1) is 0 Å². The van der Waals surface area contributed by atoms with Crippen LogP contribution in [-0.4, -0.2) is 48.7 Å². The van der Waals surface area contributed by atoms with Gasteiger partial charge in [0.1, 0.15) is 11.4 Å². The average molecular weight is 328 g/mol. The third kappa shape index (κ3) is 3.85. The number of hydrogen-bond acceptors (Lipinski definition) is 5. The van der Waals surface area contributed by atoms with Crippen LogP contribution in [-0.2, 0) is 4.74 Å². The van der Waals surface area contributed by atoms with E-state index < -0.39 is 0 Å². The molecule has 0 aliphatic carbocycles. The average Bonchev–Trinajstić information content (AvgIpc) is 3.00. The van der Waals surface area contributed by atoms with Crippen molar-refractivity contribution in [3.05, 3.63) is 36.0 Å². The zero-order valence-corrected chi connectivity index (χ0v) is 14.3. The van der Waals surface area contributed by atoms with Gasteiger partial charge in [-0.1, -0.05) is 6.07 Å². The van der Waals surface area contributed by atoms with Gasteiger partial charge in [-0.25, -0.2) is 9.78 Å². The Kier molecular flexibility index (Phi) is 5.30. The van der Waals surface area contributed by atoms with Gasteiger partial charge in [0.2, 0.25) is 0 Å². The number of esters is 1. The first-order valence-corrected chi connectivity index (χ1v) is 8.58. The van der Waals surface area contributed by atoms with Crippen LogP contribution in [0.4, 0.5) is 0 Å². The van der Waals surface area contributed by atoms with Gasteiger partial charge in [0, 0.05) is 11.4 Å². The fourth-order valence-electron chi connectivity index (χ4n) is 3.17. The maximum absolute atomic E-state index is 11.7. The predicted octanol–water partition coefficient (Wildman–Crippen LogP) is 3.27. The first kappa shape index (κ1) is 16.7. The highest BCUT2D eigenvalue weighted by Gasteiger charge is 2.20. The number of likely N-dealkylation sites (tertiary alicyclic amines) is 1. The van der Waals surface area contributed by atoms with Crippen molar-refractivity contribution < 1.29 is 14.3 Å². The first-order chi connectivity index (χ1) is 11.7. The second-order valence-electron chi connectivity index (χ2n) is 6.19. The molecule has 5 heteroatoms. The van der Waals surface area contributed by atoms with E-state index in [1.807, 2.05) is 24.3 Å². The van der Waals surface area contributed by atoms with Gasteiger partial charge in [-0.2, -0.15) is 0 Å². The second kappa shape index (κ2) is 7.62. The number of rotatable bonds is 6. The molecule has 1 aromatic heterocycles. The summed E-state index contributed by atoms with van der Waals surface area (Å²) in [6, 6.07) is 9.97. The zero-order chi connectivity index (χ0) is 16.9. The maximum atomic E-state index is 11.7. The molecule has 0 saturated carbocycles. The van der Waals surface area contributed by atoms with Gasteiger partial charge in [0.15, 0.2) is 0 Å². The molecule has 0 radical (unpaired) electrons. The number of fused-ring (bicyclic) bond motifs is 1. The Morgan fingerprint density at radius 3 is 2.96 bits per heavy atom. The van der Waals surface area contributed by atoms with Gasteiger partial charge in [0.05, 0.1) is 18.7 Å². The smallest absolute Gasteiger partial charge is 0.356 e. The van der Waals surface area contributed by atoms with Crippen LogP contribution in [0.5, 0.6) is 5.75 Å². The Balaban J connectivity index is 1.63. The van der Waals surface area contributed by atoms with E-state index in [0.29, 0.717) is 18.3 Å². The maximum Gasteiger partial charge on any atom is 0.356 e. The molecular weight excluding hydrogens is 304 g/mol. The molecule has 0 N–H and O–H groups in total. The lowest BCUT2D eigenvalue weighted by molar-refractivity contribution is 0.0520. The summed E-state index contributed by atoms with van der Waals surface area (Å²) in [5.41, 5.74) is 1.10. The molecule has 0 spiro atoms. The molecule has 1 atom stereocenters. The molecule has 24 heavy (non-hydrogen) atoms. The van der Waals surface area contributed by atoms with Gasteiger partial charge in [-0.3, -0.25) is 0 Å². The molecule has 1 aliphatic rings. The number of carbonyl (C=O) groups excluding carboxylic acids is 1. The third-order valence-corrected chi connectivity index (χ3v) is 4.54. The molecule has 128 valence electrons. The number of hydrogen-bond donors (Lipinski definition) is 0. The van der Waals surface area contributed by atoms with Crippen LogP contribution in [0, 0.1) is 0 Å². The summed E-state index contributed by atoms with van der Waals surface area (Å²) in [7, 11) is 2.18. The van der Waals surface area contributed by atoms with Crippen LogP contribution >= 0.6 is 0 Å². The van der Waals surface area contributed by atoms with E-state index in [9.17, 15) is 4.79 Å². The predicted molar refractivity (Wildman–Crippen MR) is 93.5 cm³/mol. The van der Waals surface area contributed by atoms with Crippen molar-refractivity contribution in [1.82, 2.24) is 9.88 Å². The number of aromatic nitrogens is 1. The molecule has 1 aromatic carbocycles. The molecular formula is C19H24N2O3. The first-order valence-electron chi connectivity index (χ1n) is 8.58. The Morgan fingerprint density at radius 2 is 2.21 bits per heavy atom. The summed E-state index contributed by atoms with van der Waals surface area (Å²) in [6.07, 6.45) is 3.60. The molecule has 1 unspecified atom stereocenters. The molecule has 1 aliphatic heterocycles. The molecule has 3 rings (SSSR count). The van der Waals surface area contributed by atoms with Crippen molar-refractivity contribution in [2.75, 3.05) is 26.8 Å². The summed E-state index contributed by atoms with van der Waals surface area (Å²) < 4.78 is 10.9. The Bertz CT molecular complexity index is 717. The fourth-order valence-corrected chi connectivity index (χ4v) is 3.17.